The summed E-state index contributed by atoms with van der Waals surface area (Å²) in [5.41, 5.74) is -1.45. The van der Waals surface area contributed by atoms with Crippen molar-refractivity contribution in [3.8, 4) is 5.75 Å². The molecule has 4 amide bonds. The first-order valence-corrected chi connectivity index (χ1v) is 16.5. The molecule has 234 valence electrons. The van der Waals surface area contributed by atoms with E-state index in [-0.39, 0.29) is 31.9 Å². The molecule has 2 saturated carbocycles. The highest BCUT2D eigenvalue weighted by Gasteiger charge is 2.62. The second kappa shape index (κ2) is 12.9. The Labute approximate surface area is 251 Å². The Morgan fingerprint density at radius 2 is 1.91 bits per heavy atom. The molecule has 1 saturated heterocycles. The van der Waals surface area contributed by atoms with E-state index in [1.54, 1.807) is 31.5 Å². The van der Waals surface area contributed by atoms with Crippen LogP contribution in [0.25, 0.3) is 0 Å². The Hall–Kier alpha value is -3.68. The van der Waals surface area contributed by atoms with E-state index in [4.69, 9.17) is 9.47 Å². The van der Waals surface area contributed by atoms with Gasteiger partial charge in [0.2, 0.25) is 21.8 Å². The van der Waals surface area contributed by atoms with Gasteiger partial charge in [-0.3, -0.25) is 24.1 Å². The van der Waals surface area contributed by atoms with Crippen molar-refractivity contribution in [3.63, 3.8) is 0 Å². The Balaban J connectivity index is 1.42. The lowest BCUT2D eigenvalue weighted by molar-refractivity contribution is -0.141. The number of nitrogens with zero attached hydrogens (tertiary/aromatic N) is 2. The Bertz CT molecular complexity index is 1350. The summed E-state index contributed by atoms with van der Waals surface area (Å²) in [5.74, 6) is -1.68. The third-order valence-electron chi connectivity index (χ3n) is 8.36. The Kier molecular flexibility index (Phi) is 9.23. The first-order chi connectivity index (χ1) is 20.6. The second-order valence-corrected chi connectivity index (χ2v) is 13.6. The fraction of sp³-hybridized carbons (Fsp3) is 0.621. The van der Waals surface area contributed by atoms with Crippen LogP contribution in [0.1, 0.15) is 64.7 Å². The monoisotopic (exact) mass is 617 g/mol. The zero-order valence-electron chi connectivity index (χ0n) is 24.2. The standard InChI is InChI=1S/C29H39N5O8S/c1-2-41-28(38)31-23-9-7-5-3-4-6-8-19-17-29(19,27(37)33-43(39,40)22-10-11-22)32-25(35)24-16-21(18-34(24)26(23)36)42-20-12-14-30-15-13-20/h6,8,12-15,19,21-24H,2-5,7,9-11,16-18H2,1H3,(H,31,38)(H,32,35)(H,33,37)/b8-6-/t19?,21-,23+,24+,29-/m1/s1. The van der Waals surface area contributed by atoms with Crippen molar-refractivity contribution < 1.29 is 37.1 Å². The summed E-state index contributed by atoms with van der Waals surface area (Å²) in [6, 6.07) is 1.39. The number of sulfonamides is 1. The molecule has 14 heteroatoms. The first-order valence-electron chi connectivity index (χ1n) is 15.0. The van der Waals surface area contributed by atoms with E-state index in [2.05, 4.69) is 20.3 Å². The van der Waals surface area contributed by atoms with Gasteiger partial charge in [-0.2, -0.15) is 0 Å². The molecule has 5 atom stereocenters. The van der Waals surface area contributed by atoms with Gasteiger partial charge in [-0.1, -0.05) is 25.0 Å². The maximum Gasteiger partial charge on any atom is 0.407 e. The molecule has 5 rings (SSSR count). The van der Waals surface area contributed by atoms with Gasteiger partial charge in [-0.25, -0.2) is 13.2 Å². The highest BCUT2D eigenvalue weighted by atomic mass is 32.2. The van der Waals surface area contributed by atoms with Gasteiger partial charge in [0.05, 0.1) is 18.4 Å². The van der Waals surface area contributed by atoms with E-state index in [0.29, 0.717) is 31.4 Å². The van der Waals surface area contributed by atoms with Crippen LogP contribution >= 0.6 is 0 Å². The fourth-order valence-corrected chi connectivity index (χ4v) is 7.14. The molecule has 0 radical (unpaired) electrons. The van der Waals surface area contributed by atoms with Crippen molar-refractivity contribution in [1.82, 2.24) is 25.2 Å². The van der Waals surface area contributed by atoms with Crippen LogP contribution in [0.2, 0.25) is 0 Å². The number of carbonyl (C=O) groups excluding carboxylic acids is 4. The van der Waals surface area contributed by atoms with Gasteiger partial charge in [0.1, 0.15) is 29.5 Å². The van der Waals surface area contributed by atoms with Gasteiger partial charge >= 0.3 is 6.09 Å². The van der Waals surface area contributed by atoms with Gasteiger partial charge < -0.3 is 25.0 Å². The molecule has 13 nitrogen and oxygen atoms in total. The number of ether oxygens (including phenoxy) is 2. The normalized spacial score (nSPS) is 30.4. The molecule has 0 aromatic carbocycles. The Morgan fingerprint density at radius 3 is 2.63 bits per heavy atom. The summed E-state index contributed by atoms with van der Waals surface area (Å²) >= 11 is 0. The van der Waals surface area contributed by atoms with E-state index >= 15 is 0 Å². The van der Waals surface area contributed by atoms with Crippen LogP contribution in [0.4, 0.5) is 4.79 Å². The third-order valence-corrected chi connectivity index (χ3v) is 10.2. The van der Waals surface area contributed by atoms with Gasteiger partial charge in [-0.15, -0.1) is 0 Å². The number of fused-ring (bicyclic) bond motifs is 2. The molecule has 1 aromatic heterocycles. The van der Waals surface area contributed by atoms with Gasteiger partial charge in [0, 0.05) is 24.7 Å². The summed E-state index contributed by atoms with van der Waals surface area (Å²) < 4.78 is 38.6. The van der Waals surface area contributed by atoms with Crippen molar-refractivity contribution in [2.24, 2.45) is 5.92 Å². The van der Waals surface area contributed by atoms with Crippen molar-refractivity contribution in [2.75, 3.05) is 13.2 Å². The summed E-state index contributed by atoms with van der Waals surface area (Å²) in [6.07, 6.45) is 10.4. The van der Waals surface area contributed by atoms with Crippen molar-refractivity contribution >= 4 is 33.8 Å². The molecule has 3 heterocycles. The van der Waals surface area contributed by atoms with Gasteiger partial charge in [0.25, 0.3) is 5.91 Å². The van der Waals surface area contributed by atoms with E-state index in [9.17, 15) is 27.6 Å². The van der Waals surface area contributed by atoms with Crippen LogP contribution in [0.15, 0.2) is 36.7 Å². The quantitative estimate of drug-likeness (QED) is 0.384. The minimum atomic E-state index is -3.84. The minimum absolute atomic E-state index is 0.0683. The van der Waals surface area contributed by atoms with E-state index in [1.165, 1.54) is 4.90 Å². The lowest BCUT2D eigenvalue weighted by atomic mass is 10.1. The maximum atomic E-state index is 14.0. The number of hydrogen-bond acceptors (Lipinski definition) is 9. The molecule has 3 fully saturated rings. The number of pyridine rings is 1. The van der Waals surface area contributed by atoms with Crippen LogP contribution < -0.4 is 20.1 Å². The van der Waals surface area contributed by atoms with Crippen LogP contribution in [0.5, 0.6) is 5.75 Å². The molecule has 43 heavy (non-hydrogen) atoms. The predicted molar refractivity (Wildman–Crippen MR) is 154 cm³/mol. The molecule has 3 N–H and O–H groups in total. The number of amides is 4. The van der Waals surface area contributed by atoms with Crippen molar-refractivity contribution in [3.05, 3.63) is 36.7 Å². The van der Waals surface area contributed by atoms with E-state index < -0.39 is 62.8 Å². The van der Waals surface area contributed by atoms with Crippen molar-refractivity contribution in [2.45, 2.75) is 93.7 Å². The SMILES string of the molecule is CCOC(=O)N[C@H]1CCCCC/C=C\C2C[C@@]2(C(=O)NS(=O)(=O)C2CC2)NC(=O)[C@@H]2C[C@@H](Oc3ccncc3)CN2C1=O. The summed E-state index contributed by atoms with van der Waals surface area (Å²) in [4.78, 5) is 59.1. The average molecular weight is 618 g/mol. The zero-order chi connectivity index (χ0) is 30.6. The third kappa shape index (κ3) is 7.28. The molecular weight excluding hydrogens is 578 g/mol. The number of aromatic nitrogens is 1. The van der Waals surface area contributed by atoms with Crippen LogP contribution in [-0.2, 0) is 29.1 Å². The fourth-order valence-electron chi connectivity index (χ4n) is 5.77. The highest BCUT2D eigenvalue weighted by Crippen LogP contribution is 2.46. The Morgan fingerprint density at radius 1 is 1.14 bits per heavy atom. The number of allylic oxidation sites excluding steroid dienone is 1. The number of rotatable bonds is 7. The van der Waals surface area contributed by atoms with Crippen LogP contribution in [-0.4, -0.2) is 84.2 Å². The van der Waals surface area contributed by atoms with Crippen LogP contribution in [0, 0.1) is 5.92 Å². The molecule has 2 aliphatic carbocycles. The van der Waals surface area contributed by atoms with Crippen molar-refractivity contribution in [1.29, 1.82) is 0 Å². The summed E-state index contributed by atoms with van der Waals surface area (Å²) in [7, 11) is -3.84. The summed E-state index contributed by atoms with van der Waals surface area (Å²) in [6.45, 7) is 1.87. The highest BCUT2D eigenvalue weighted by molar-refractivity contribution is 7.91. The average Bonchev–Trinajstić information content (AvgIpc) is 3.89. The minimum Gasteiger partial charge on any atom is -0.488 e. The largest absolute Gasteiger partial charge is 0.488 e. The molecule has 1 aromatic rings. The molecule has 0 bridgehead atoms. The lowest BCUT2D eigenvalue weighted by Crippen LogP contribution is -2.58. The summed E-state index contributed by atoms with van der Waals surface area (Å²) in [5, 5.41) is 4.89. The number of hydrogen-bond donors (Lipinski definition) is 3. The predicted octanol–water partition coefficient (Wildman–Crippen LogP) is 1.55. The molecular formula is C29H39N5O8S. The lowest BCUT2D eigenvalue weighted by Gasteiger charge is -2.29. The molecule has 1 unspecified atom stereocenters. The number of carbonyl (C=O) groups is 4. The van der Waals surface area contributed by atoms with Crippen LogP contribution in [0.3, 0.4) is 0 Å². The van der Waals surface area contributed by atoms with E-state index in [1.807, 2.05) is 12.2 Å². The zero-order valence-corrected chi connectivity index (χ0v) is 25.0. The first kappa shape index (κ1) is 30.8. The topological polar surface area (TPSA) is 173 Å². The molecule has 2 aliphatic heterocycles. The van der Waals surface area contributed by atoms with E-state index in [0.717, 1.165) is 19.3 Å². The molecule has 0 spiro atoms. The van der Waals surface area contributed by atoms with Gasteiger partial charge in [0.15, 0.2) is 0 Å². The second-order valence-electron chi connectivity index (χ2n) is 11.6. The number of nitrogens with one attached hydrogen (secondary N) is 3. The molecule has 4 aliphatic rings. The van der Waals surface area contributed by atoms with Gasteiger partial charge in [-0.05, 0) is 57.6 Å². The smallest absolute Gasteiger partial charge is 0.407 e. The number of alkyl carbamates (subject to hydrolysis) is 1. The maximum absolute atomic E-state index is 14.0.